The number of benzene rings is 1. The second-order valence-electron chi connectivity index (χ2n) is 5.22. The Labute approximate surface area is 111 Å². The number of nitrogens with zero attached hydrogens (tertiary/aromatic N) is 2. The molecule has 0 bridgehead atoms. The molecule has 2 rings (SSSR count). The lowest BCUT2D eigenvalue weighted by molar-refractivity contribution is 0.0697. The number of para-hydroxylation sites is 1. The van der Waals surface area contributed by atoms with Gasteiger partial charge in [0.05, 0.1) is 28.7 Å². The molecule has 0 saturated carbocycles. The van der Waals surface area contributed by atoms with Crippen molar-refractivity contribution in [1.82, 2.24) is 9.55 Å². The Bertz CT molecular complexity index is 629. The van der Waals surface area contributed by atoms with Gasteiger partial charge in [0.2, 0.25) is 0 Å². The fourth-order valence-electron chi connectivity index (χ4n) is 2.57. The monoisotopic (exact) mass is 262 g/mol. The maximum absolute atomic E-state index is 11.4. The molecule has 0 radical (unpaired) electrons. The van der Waals surface area contributed by atoms with Crippen LogP contribution in [0, 0.1) is 6.92 Å². The summed E-state index contributed by atoms with van der Waals surface area (Å²) in [5, 5.41) is 9.34. The number of aromatic nitrogens is 2. The summed E-state index contributed by atoms with van der Waals surface area (Å²) in [5.41, 5.74) is 1.25. The summed E-state index contributed by atoms with van der Waals surface area (Å²) in [5.74, 6) is -0.161. The largest absolute Gasteiger partial charge is 0.478 e. The van der Waals surface area contributed by atoms with Gasteiger partial charge in [-0.2, -0.15) is 0 Å². The molecule has 5 heteroatoms. The highest BCUT2D eigenvalue weighted by molar-refractivity contribution is 6.01. The first kappa shape index (κ1) is 13.5. The first-order chi connectivity index (χ1) is 8.88. The molecule has 1 heterocycles. The number of rotatable bonds is 4. The summed E-state index contributed by atoms with van der Waals surface area (Å²) in [4.78, 5) is 15.8. The molecular weight excluding hydrogens is 244 g/mol. The molecule has 2 aromatic rings. The Kier molecular flexibility index (Phi) is 3.32. The minimum Gasteiger partial charge on any atom is -0.478 e. The number of carboxylic acid groups (broad SMARTS) is 1. The summed E-state index contributed by atoms with van der Waals surface area (Å²) in [6.45, 7) is 6.36. The Morgan fingerprint density at radius 2 is 2.16 bits per heavy atom. The van der Waals surface area contributed by atoms with Crippen LogP contribution < -0.4 is 0 Å². The van der Waals surface area contributed by atoms with E-state index in [0.717, 1.165) is 5.82 Å². The Hall–Kier alpha value is -1.88. The molecule has 5 nitrogen and oxygen atoms in total. The van der Waals surface area contributed by atoms with Gasteiger partial charge in [0.1, 0.15) is 5.82 Å². The Balaban J connectivity index is 2.80. The summed E-state index contributed by atoms with van der Waals surface area (Å²) in [6.07, 6.45) is 0. The molecule has 1 aromatic heterocycles. The molecule has 0 unspecified atom stereocenters. The van der Waals surface area contributed by atoms with E-state index >= 15 is 0 Å². The van der Waals surface area contributed by atoms with E-state index in [9.17, 15) is 9.90 Å². The van der Waals surface area contributed by atoms with Crippen LogP contribution in [0.25, 0.3) is 11.0 Å². The van der Waals surface area contributed by atoms with Crippen LogP contribution in [0.3, 0.4) is 0 Å². The molecule has 0 aliphatic carbocycles. The van der Waals surface area contributed by atoms with E-state index in [1.165, 1.54) is 0 Å². The lowest BCUT2D eigenvalue weighted by atomic mass is 10.0. The molecule has 1 N–H and O–H groups in total. The van der Waals surface area contributed by atoms with E-state index in [4.69, 9.17) is 4.74 Å². The molecular formula is C14H18N2O3. The van der Waals surface area contributed by atoms with Gasteiger partial charge in [-0.25, -0.2) is 9.78 Å². The number of hydrogen-bond donors (Lipinski definition) is 1. The lowest BCUT2D eigenvalue weighted by Crippen LogP contribution is -2.32. The number of hydrogen-bond acceptors (Lipinski definition) is 3. The standard InChI is InChI=1S/C14H18N2O3/c1-9-15-11-7-5-6-10(13(17)18)12(11)16(9)14(2,3)8-19-4/h5-7H,8H2,1-4H3,(H,17,18). The molecule has 0 aliphatic heterocycles. The first-order valence-corrected chi connectivity index (χ1v) is 6.09. The maximum Gasteiger partial charge on any atom is 0.337 e. The average Bonchev–Trinajstić information content (AvgIpc) is 2.64. The zero-order valence-corrected chi connectivity index (χ0v) is 11.6. The minimum atomic E-state index is -0.944. The summed E-state index contributed by atoms with van der Waals surface area (Å²) >= 11 is 0. The molecule has 0 amide bonds. The highest BCUT2D eigenvalue weighted by atomic mass is 16.5. The van der Waals surface area contributed by atoms with Crippen molar-refractivity contribution >= 4 is 17.0 Å². The van der Waals surface area contributed by atoms with Crippen molar-refractivity contribution in [2.45, 2.75) is 26.3 Å². The molecule has 0 spiro atoms. The van der Waals surface area contributed by atoms with E-state index in [0.29, 0.717) is 17.6 Å². The lowest BCUT2D eigenvalue weighted by Gasteiger charge is -2.28. The summed E-state index contributed by atoms with van der Waals surface area (Å²) < 4.78 is 7.18. The third-order valence-electron chi connectivity index (χ3n) is 3.18. The molecule has 0 fully saturated rings. The van der Waals surface area contributed by atoms with E-state index in [-0.39, 0.29) is 11.1 Å². The van der Waals surface area contributed by atoms with Gasteiger partial charge in [0, 0.05) is 7.11 Å². The van der Waals surface area contributed by atoms with Crippen LogP contribution in [-0.2, 0) is 10.3 Å². The zero-order valence-electron chi connectivity index (χ0n) is 11.6. The molecule has 0 atom stereocenters. The van der Waals surface area contributed by atoms with Crippen molar-refractivity contribution in [2.24, 2.45) is 0 Å². The first-order valence-electron chi connectivity index (χ1n) is 6.09. The average molecular weight is 262 g/mol. The quantitative estimate of drug-likeness (QED) is 0.919. The van der Waals surface area contributed by atoms with E-state index in [1.54, 1.807) is 19.2 Å². The van der Waals surface area contributed by atoms with Crippen LogP contribution in [0.15, 0.2) is 18.2 Å². The van der Waals surface area contributed by atoms with Crippen molar-refractivity contribution in [3.05, 3.63) is 29.6 Å². The fourth-order valence-corrected chi connectivity index (χ4v) is 2.57. The summed E-state index contributed by atoms with van der Waals surface area (Å²) in [6, 6.07) is 5.14. The number of imidazole rings is 1. The molecule has 102 valence electrons. The zero-order chi connectivity index (χ0) is 14.2. The summed E-state index contributed by atoms with van der Waals surface area (Å²) in [7, 11) is 1.63. The molecule has 0 saturated heterocycles. The smallest absolute Gasteiger partial charge is 0.337 e. The molecule has 19 heavy (non-hydrogen) atoms. The van der Waals surface area contributed by atoms with Crippen LogP contribution in [0.2, 0.25) is 0 Å². The van der Waals surface area contributed by atoms with Crippen LogP contribution in [0.5, 0.6) is 0 Å². The highest BCUT2D eigenvalue weighted by Gasteiger charge is 2.27. The van der Waals surface area contributed by atoms with E-state index in [1.807, 2.05) is 31.4 Å². The number of carbonyl (C=O) groups is 1. The third-order valence-corrected chi connectivity index (χ3v) is 3.18. The number of carboxylic acids is 1. The van der Waals surface area contributed by atoms with Gasteiger partial charge in [-0.1, -0.05) is 6.07 Å². The third kappa shape index (κ3) is 2.21. The Morgan fingerprint density at radius 1 is 1.47 bits per heavy atom. The second-order valence-corrected chi connectivity index (χ2v) is 5.22. The van der Waals surface area contributed by atoms with Crippen molar-refractivity contribution in [3.8, 4) is 0 Å². The predicted octanol–water partition coefficient (Wildman–Crippen LogP) is 2.42. The Morgan fingerprint density at radius 3 is 2.74 bits per heavy atom. The SMILES string of the molecule is COCC(C)(C)n1c(C)nc2cccc(C(=O)O)c21. The van der Waals surface area contributed by atoms with Crippen LogP contribution in [-0.4, -0.2) is 34.3 Å². The van der Waals surface area contributed by atoms with Crippen LogP contribution in [0.1, 0.15) is 30.0 Å². The van der Waals surface area contributed by atoms with Gasteiger partial charge >= 0.3 is 5.97 Å². The molecule has 0 aliphatic rings. The number of aromatic carboxylic acids is 1. The van der Waals surface area contributed by atoms with Crippen molar-refractivity contribution in [1.29, 1.82) is 0 Å². The van der Waals surface area contributed by atoms with Gasteiger partial charge in [-0.05, 0) is 32.9 Å². The number of aryl methyl sites for hydroxylation is 1. The van der Waals surface area contributed by atoms with Crippen molar-refractivity contribution in [2.75, 3.05) is 13.7 Å². The van der Waals surface area contributed by atoms with E-state index in [2.05, 4.69) is 4.98 Å². The number of methoxy groups -OCH3 is 1. The van der Waals surface area contributed by atoms with Gasteiger partial charge in [0.25, 0.3) is 0 Å². The topological polar surface area (TPSA) is 64.4 Å². The van der Waals surface area contributed by atoms with Gasteiger partial charge in [-0.15, -0.1) is 0 Å². The predicted molar refractivity (Wildman–Crippen MR) is 72.6 cm³/mol. The van der Waals surface area contributed by atoms with Crippen molar-refractivity contribution in [3.63, 3.8) is 0 Å². The van der Waals surface area contributed by atoms with Gasteiger partial charge in [-0.3, -0.25) is 0 Å². The van der Waals surface area contributed by atoms with Crippen LogP contribution >= 0.6 is 0 Å². The highest BCUT2D eigenvalue weighted by Crippen LogP contribution is 2.28. The second kappa shape index (κ2) is 4.66. The fraction of sp³-hybridized carbons (Fsp3) is 0.429. The number of ether oxygens (including phenoxy) is 1. The van der Waals surface area contributed by atoms with Crippen molar-refractivity contribution < 1.29 is 14.6 Å². The molecule has 1 aromatic carbocycles. The van der Waals surface area contributed by atoms with Crippen LogP contribution in [0.4, 0.5) is 0 Å². The van der Waals surface area contributed by atoms with Gasteiger partial charge < -0.3 is 14.4 Å². The number of fused-ring (bicyclic) bond motifs is 1. The van der Waals surface area contributed by atoms with E-state index < -0.39 is 5.97 Å². The maximum atomic E-state index is 11.4. The van der Waals surface area contributed by atoms with Gasteiger partial charge in [0.15, 0.2) is 0 Å². The minimum absolute atomic E-state index is 0.266. The normalized spacial score (nSPS) is 12.0.